The Bertz CT molecular complexity index is 1160. The maximum absolute atomic E-state index is 12.7. The van der Waals surface area contributed by atoms with Gasteiger partial charge in [-0.15, -0.1) is 0 Å². The van der Waals surface area contributed by atoms with Crippen LogP contribution in [0.4, 0.5) is 11.8 Å². The molecule has 4 rings (SSSR count). The highest BCUT2D eigenvalue weighted by Gasteiger charge is 2.14. The average molecular weight is 360 g/mol. The van der Waals surface area contributed by atoms with Gasteiger partial charge in [0.25, 0.3) is 5.91 Å². The molecule has 0 saturated carbocycles. The number of hydrogen-bond acceptors (Lipinski definition) is 5. The van der Waals surface area contributed by atoms with Crippen molar-refractivity contribution in [2.24, 2.45) is 0 Å². The minimum Gasteiger partial charge on any atom is -0.383 e. The number of benzene rings is 2. The Hall–Kier alpha value is -3.61. The summed E-state index contributed by atoms with van der Waals surface area (Å²) in [6.45, 7) is 3.24. The Kier molecular flexibility index (Phi) is 4.12. The lowest BCUT2D eigenvalue weighted by Gasteiger charge is -2.07. The van der Waals surface area contributed by atoms with Crippen molar-refractivity contribution in [2.45, 2.75) is 20.0 Å². The maximum atomic E-state index is 12.7. The molecule has 0 aliphatic rings. The number of rotatable bonds is 4. The first-order valence-electron chi connectivity index (χ1n) is 8.74. The molecule has 27 heavy (non-hydrogen) atoms. The van der Waals surface area contributed by atoms with Crippen LogP contribution in [0.25, 0.3) is 21.8 Å². The fourth-order valence-corrected chi connectivity index (χ4v) is 3.30. The second-order valence-corrected chi connectivity index (χ2v) is 6.35. The van der Waals surface area contributed by atoms with Gasteiger partial charge in [0.2, 0.25) is 5.95 Å². The lowest BCUT2D eigenvalue weighted by atomic mass is 10.1. The number of para-hydroxylation sites is 1. The van der Waals surface area contributed by atoms with Gasteiger partial charge in [-0.05, 0) is 30.7 Å². The van der Waals surface area contributed by atoms with Gasteiger partial charge in [-0.2, -0.15) is 4.98 Å². The zero-order valence-electron chi connectivity index (χ0n) is 14.9. The molecule has 0 aliphatic heterocycles. The Morgan fingerprint density at radius 2 is 1.93 bits per heavy atom. The number of nitrogen functional groups attached to an aromatic ring is 2. The van der Waals surface area contributed by atoms with E-state index in [2.05, 4.69) is 26.8 Å². The van der Waals surface area contributed by atoms with Crippen molar-refractivity contribution in [3.63, 3.8) is 0 Å². The van der Waals surface area contributed by atoms with Crippen molar-refractivity contribution < 1.29 is 4.79 Å². The highest BCUT2D eigenvalue weighted by Crippen LogP contribution is 2.22. The Morgan fingerprint density at radius 3 is 2.74 bits per heavy atom. The normalized spacial score (nSPS) is 11.1. The van der Waals surface area contributed by atoms with Gasteiger partial charge in [-0.25, -0.2) is 4.98 Å². The fourth-order valence-electron chi connectivity index (χ4n) is 3.30. The molecule has 2 aromatic carbocycles. The predicted octanol–water partition coefficient (Wildman–Crippen LogP) is 2.70. The van der Waals surface area contributed by atoms with Crippen LogP contribution in [0.3, 0.4) is 0 Å². The molecule has 0 spiro atoms. The van der Waals surface area contributed by atoms with Gasteiger partial charge in [-0.3, -0.25) is 4.79 Å². The molecule has 0 atom stereocenters. The molecule has 0 unspecified atom stereocenters. The average Bonchev–Trinajstić information content (AvgIpc) is 3.04. The van der Waals surface area contributed by atoms with Crippen LogP contribution in [0, 0.1) is 0 Å². The number of hydrogen-bond donors (Lipinski definition) is 3. The predicted molar refractivity (Wildman–Crippen MR) is 107 cm³/mol. The minimum absolute atomic E-state index is 0.111. The highest BCUT2D eigenvalue weighted by molar-refractivity contribution is 6.07. The minimum atomic E-state index is -0.111. The SMILES string of the molecule is CCn1cc(C(=O)NCc2ccc3c(N)nc(N)nc3c2)c2ccccc21. The molecule has 7 heteroatoms. The Labute approximate surface area is 156 Å². The first-order valence-corrected chi connectivity index (χ1v) is 8.74. The highest BCUT2D eigenvalue weighted by atomic mass is 16.1. The van der Waals surface area contributed by atoms with E-state index in [1.165, 1.54) is 0 Å². The van der Waals surface area contributed by atoms with Crippen LogP contribution >= 0.6 is 0 Å². The number of amides is 1. The van der Waals surface area contributed by atoms with E-state index in [9.17, 15) is 4.79 Å². The van der Waals surface area contributed by atoms with Gasteiger partial charge in [0, 0.05) is 35.6 Å². The molecule has 2 heterocycles. The van der Waals surface area contributed by atoms with E-state index in [0.717, 1.165) is 28.4 Å². The maximum Gasteiger partial charge on any atom is 0.253 e. The lowest BCUT2D eigenvalue weighted by Crippen LogP contribution is -2.22. The lowest BCUT2D eigenvalue weighted by molar-refractivity contribution is 0.0952. The first-order chi connectivity index (χ1) is 13.1. The molecule has 2 aromatic heterocycles. The van der Waals surface area contributed by atoms with Crippen LogP contribution in [-0.4, -0.2) is 20.4 Å². The zero-order chi connectivity index (χ0) is 19.0. The number of carbonyl (C=O) groups is 1. The number of anilines is 2. The number of nitrogens with one attached hydrogen (secondary N) is 1. The molecule has 0 aliphatic carbocycles. The third-order valence-electron chi connectivity index (χ3n) is 4.64. The Morgan fingerprint density at radius 1 is 1.11 bits per heavy atom. The van der Waals surface area contributed by atoms with Crippen LogP contribution in [0.1, 0.15) is 22.8 Å². The number of aryl methyl sites for hydroxylation is 1. The van der Waals surface area contributed by atoms with Gasteiger partial charge < -0.3 is 21.4 Å². The number of nitrogens with zero attached hydrogens (tertiary/aromatic N) is 3. The van der Waals surface area contributed by atoms with Gasteiger partial charge in [0.05, 0.1) is 11.1 Å². The summed E-state index contributed by atoms with van der Waals surface area (Å²) in [6.07, 6.45) is 1.90. The second kappa shape index (κ2) is 6.60. The van der Waals surface area contributed by atoms with Crippen molar-refractivity contribution in [1.29, 1.82) is 0 Å². The molecule has 0 fully saturated rings. The molecule has 7 nitrogen and oxygen atoms in total. The van der Waals surface area contributed by atoms with E-state index in [4.69, 9.17) is 11.5 Å². The molecule has 136 valence electrons. The van der Waals surface area contributed by atoms with Crippen LogP contribution in [0.5, 0.6) is 0 Å². The van der Waals surface area contributed by atoms with E-state index in [0.29, 0.717) is 23.4 Å². The van der Waals surface area contributed by atoms with Gasteiger partial charge in [-0.1, -0.05) is 24.3 Å². The largest absolute Gasteiger partial charge is 0.383 e. The van der Waals surface area contributed by atoms with Crippen molar-refractivity contribution in [3.05, 3.63) is 59.8 Å². The molecule has 0 radical (unpaired) electrons. The molecule has 0 saturated heterocycles. The Balaban J connectivity index is 1.59. The smallest absolute Gasteiger partial charge is 0.253 e. The monoisotopic (exact) mass is 360 g/mol. The molecule has 0 bridgehead atoms. The second-order valence-electron chi connectivity index (χ2n) is 6.35. The van der Waals surface area contributed by atoms with E-state index < -0.39 is 0 Å². The summed E-state index contributed by atoms with van der Waals surface area (Å²) in [5.74, 6) is 0.370. The molecular formula is C20H20N6O. The number of nitrogens with two attached hydrogens (primary N) is 2. The summed E-state index contributed by atoms with van der Waals surface area (Å²) >= 11 is 0. The van der Waals surface area contributed by atoms with Gasteiger partial charge in [0.15, 0.2) is 0 Å². The first kappa shape index (κ1) is 16.8. The zero-order valence-corrected chi connectivity index (χ0v) is 14.9. The van der Waals surface area contributed by atoms with Crippen LogP contribution in [0.15, 0.2) is 48.7 Å². The summed E-state index contributed by atoms with van der Waals surface area (Å²) in [5.41, 5.74) is 14.8. The van der Waals surface area contributed by atoms with Crippen LogP contribution in [0.2, 0.25) is 0 Å². The number of fused-ring (bicyclic) bond motifs is 2. The van der Waals surface area contributed by atoms with Crippen LogP contribution in [-0.2, 0) is 13.1 Å². The standard InChI is InChI=1S/C20H20N6O/c1-2-26-11-15(13-5-3-4-6-17(13)26)19(27)23-10-12-7-8-14-16(9-12)24-20(22)25-18(14)21/h3-9,11H,2,10H2,1H3,(H,23,27)(H4,21,22,24,25). The van der Waals surface area contributed by atoms with Crippen molar-refractivity contribution in [2.75, 3.05) is 11.5 Å². The number of carbonyl (C=O) groups excluding carboxylic acids is 1. The number of aromatic nitrogens is 3. The van der Waals surface area contributed by atoms with E-state index >= 15 is 0 Å². The van der Waals surface area contributed by atoms with Crippen molar-refractivity contribution >= 4 is 39.5 Å². The summed E-state index contributed by atoms with van der Waals surface area (Å²) in [5, 5.41) is 4.67. The topological polar surface area (TPSA) is 112 Å². The van der Waals surface area contributed by atoms with E-state index in [1.54, 1.807) is 0 Å². The molecule has 4 aromatic rings. The molecule has 1 amide bonds. The van der Waals surface area contributed by atoms with Gasteiger partial charge in [0.1, 0.15) is 5.82 Å². The van der Waals surface area contributed by atoms with Crippen molar-refractivity contribution in [1.82, 2.24) is 19.9 Å². The quantitative estimate of drug-likeness (QED) is 0.518. The summed E-state index contributed by atoms with van der Waals surface area (Å²) in [4.78, 5) is 20.9. The third-order valence-corrected chi connectivity index (χ3v) is 4.64. The molecule has 5 N–H and O–H groups in total. The van der Waals surface area contributed by atoms with Gasteiger partial charge >= 0.3 is 0 Å². The summed E-state index contributed by atoms with van der Waals surface area (Å²) in [7, 11) is 0. The third kappa shape index (κ3) is 3.03. The summed E-state index contributed by atoms with van der Waals surface area (Å²) < 4.78 is 2.07. The van der Waals surface area contributed by atoms with Crippen molar-refractivity contribution in [3.8, 4) is 0 Å². The fraction of sp³-hybridized carbons (Fsp3) is 0.150. The van der Waals surface area contributed by atoms with Crippen LogP contribution < -0.4 is 16.8 Å². The van der Waals surface area contributed by atoms with E-state index in [1.807, 2.05) is 48.7 Å². The summed E-state index contributed by atoms with van der Waals surface area (Å²) in [6, 6.07) is 13.5. The van der Waals surface area contributed by atoms with E-state index in [-0.39, 0.29) is 11.9 Å². The molecular weight excluding hydrogens is 340 g/mol.